The third-order valence-corrected chi connectivity index (χ3v) is 14.6. The summed E-state index contributed by atoms with van der Waals surface area (Å²) in [6, 6.07) is 0. The summed E-state index contributed by atoms with van der Waals surface area (Å²) < 4.78 is 12.6. The molecule has 5 aliphatic rings. The van der Waals surface area contributed by atoms with Gasteiger partial charge in [-0.05, 0) is 124 Å². The Labute approximate surface area is 265 Å². The minimum Gasteiger partial charge on any atom is -0.394 e. The first-order valence-electron chi connectivity index (χ1n) is 17.3. The van der Waals surface area contributed by atoms with Gasteiger partial charge in [-0.1, -0.05) is 46.3 Å². The van der Waals surface area contributed by atoms with Crippen molar-refractivity contribution in [2.45, 2.75) is 162 Å². The van der Waals surface area contributed by atoms with Crippen molar-refractivity contribution in [3.8, 4) is 0 Å². The van der Waals surface area contributed by atoms with E-state index in [0.717, 1.165) is 51.4 Å². The van der Waals surface area contributed by atoms with Gasteiger partial charge in [-0.2, -0.15) is 0 Å². The molecule has 4 aliphatic carbocycles. The van der Waals surface area contributed by atoms with Crippen molar-refractivity contribution < 1.29 is 40.1 Å². The lowest BCUT2D eigenvalue weighted by atomic mass is 9.35. The Morgan fingerprint density at radius 3 is 2.16 bits per heavy atom. The van der Waals surface area contributed by atoms with E-state index in [1.165, 1.54) is 5.57 Å². The molecule has 0 radical (unpaired) electrons. The van der Waals surface area contributed by atoms with Gasteiger partial charge in [0, 0.05) is 0 Å². The molecule has 1 heterocycles. The minimum absolute atomic E-state index is 0.0131. The Morgan fingerprint density at radius 1 is 0.864 bits per heavy atom. The topological polar surface area (TPSA) is 140 Å². The van der Waals surface area contributed by atoms with E-state index in [2.05, 4.69) is 61.5 Å². The second-order valence-electron chi connectivity index (χ2n) is 17.3. The van der Waals surface area contributed by atoms with E-state index in [4.69, 9.17) is 9.47 Å². The highest BCUT2D eigenvalue weighted by atomic mass is 16.7. The fourth-order valence-electron chi connectivity index (χ4n) is 11.8. The van der Waals surface area contributed by atoms with Crippen LogP contribution in [0.4, 0.5) is 0 Å². The first-order valence-corrected chi connectivity index (χ1v) is 17.3. The SMILES string of the molecule is CC(C)=CCC[C@](C)(OC1OC(CO)C(O)C(O)C1O)C1CC[C@]2(C)C1[C@H](O)CC1[C@@]3(C)CC[C@H](O)C(C)(C)C3CC[C@]12C. The molecule has 5 rings (SSSR count). The largest absolute Gasteiger partial charge is 0.394 e. The number of aliphatic hydroxyl groups is 6. The van der Waals surface area contributed by atoms with Gasteiger partial charge in [-0.3, -0.25) is 0 Å². The highest BCUT2D eigenvalue weighted by molar-refractivity contribution is 5.20. The van der Waals surface area contributed by atoms with Gasteiger partial charge in [0.2, 0.25) is 0 Å². The summed E-state index contributed by atoms with van der Waals surface area (Å²) in [6.07, 6.45) is 2.60. The van der Waals surface area contributed by atoms with Gasteiger partial charge >= 0.3 is 0 Å². The van der Waals surface area contributed by atoms with Crippen LogP contribution in [0.2, 0.25) is 0 Å². The molecule has 0 aromatic rings. The van der Waals surface area contributed by atoms with Crippen LogP contribution in [0.15, 0.2) is 11.6 Å². The molecular formula is C36H62O8. The molecule has 0 aromatic heterocycles. The second kappa shape index (κ2) is 11.8. The summed E-state index contributed by atoms with van der Waals surface area (Å²) in [5.74, 6) is 0.713. The smallest absolute Gasteiger partial charge is 0.187 e. The van der Waals surface area contributed by atoms with E-state index in [1.54, 1.807) is 0 Å². The van der Waals surface area contributed by atoms with Crippen molar-refractivity contribution in [1.82, 2.24) is 0 Å². The van der Waals surface area contributed by atoms with E-state index >= 15 is 0 Å². The van der Waals surface area contributed by atoms with Crippen molar-refractivity contribution in [1.29, 1.82) is 0 Å². The van der Waals surface area contributed by atoms with E-state index in [9.17, 15) is 30.6 Å². The van der Waals surface area contributed by atoms with Crippen molar-refractivity contribution in [3.05, 3.63) is 11.6 Å². The summed E-state index contributed by atoms with van der Waals surface area (Å²) in [5, 5.41) is 65.0. The monoisotopic (exact) mass is 622 g/mol. The predicted octanol–water partition coefficient (Wildman–Crippen LogP) is 4.32. The Morgan fingerprint density at radius 2 is 1.52 bits per heavy atom. The minimum atomic E-state index is -1.50. The average molecular weight is 623 g/mol. The Kier molecular flexibility index (Phi) is 9.35. The molecule has 254 valence electrons. The third-order valence-electron chi connectivity index (χ3n) is 14.6. The van der Waals surface area contributed by atoms with Crippen LogP contribution in [0.5, 0.6) is 0 Å². The molecule has 5 fully saturated rings. The van der Waals surface area contributed by atoms with Crippen LogP contribution >= 0.6 is 0 Å². The lowest BCUT2D eigenvalue weighted by Crippen LogP contribution is -2.67. The lowest BCUT2D eigenvalue weighted by Gasteiger charge is -2.70. The predicted molar refractivity (Wildman–Crippen MR) is 168 cm³/mol. The Balaban J connectivity index is 1.49. The van der Waals surface area contributed by atoms with E-state index in [1.807, 2.05) is 0 Å². The molecule has 0 aromatic carbocycles. The number of hydrogen-bond donors (Lipinski definition) is 6. The molecule has 1 aliphatic heterocycles. The number of ether oxygens (including phenoxy) is 2. The number of allylic oxidation sites excluding steroid dienone is 2. The maximum Gasteiger partial charge on any atom is 0.187 e. The molecule has 1 saturated heterocycles. The van der Waals surface area contributed by atoms with E-state index < -0.39 is 49.0 Å². The van der Waals surface area contributed by atoms with Crippen LogP contribution < -0.4 is 0 Å². The van der Waals surface area contributed by atoms with Crippen molar-refractivity contribution in [2.24, 2.45) is 45.3 Å². The molecule has 0 bridgehead atoms. The molecular weight excluding hydrogens is 560 g/mol. The molecule has 4 saturated carbocycles. The van der Waals surface area contributed by atoms with Crippen LogP contribution in [0.3, 0.4) is 0 Å². The fourth-order valence-corrected chi connectivity index (χ4v) is 11.8. The van der Waals surface area contributed by atoms with Crippen LogP contribution in [0.25, 0.3) is 0 Å². The standard InChI is InChI=1S/C36H62O8/c1-20(2)10-9-14-36(8,44-31-30(42)29(41)28(40)23(19-37)43-31)21-11-16-35(7)27(21)22(38)18-25-33(5)15-13-26(39)32(3,4)24(33)12-17-34(25,35)6/h10,21-31,37-42H,9,11-19H2,1-8H3/t21?,22-,23?,24?,25?,26+,27?,28?,29?,30?,31?,33+,34-,35-,36+/m1/s1. The van der Waals surface area contributed by atoms with Gasteiger partial charge in [-0.25, -0.2) is 0 Å². The van der Waals surface area contributed by atoms with Gasteiger partial charge in [0.15, 0.2) is 6.29 Å². The van der Waals surface area contributed by atoms with E-state index in [0.29, 0.717) is 18.3 Å². The van der Waals surface area contributed by atoms with Gasteiger partial charge in [0.05, 0.1) is 24.4 Å². The molecule has 6 N–H and O–H groups in total. The fraction of sp³-hybridized carbons (Fsp3) is 0.944. The lowest BCUT2D eigenvalue weighted by molar-refractivity contribution is -0.336. The molecule has 0 spiro atoms. The summed E-state index contributed by atoms with van der Waals surface area (Å²) >= 11 is 0. The number of fused-ring (bicyclic) bond motifs is 5. The number of rotatable bonds is 7. The second-order valence-corrected chi connectivity index (χ2v) is 17.3. The highest BCUT2D eigenvalue weighted by Gasteiger charge is 2.71. The molecule has 9 unspecified atom stereocenters. The quantitative estimate of drug-likeness (QED) is 0.231. The molecule has 8 nitrogen and oxygen atoms in total. The Hall–Kier alpha value is -0.580. The van der Waals surface area contributed by atoms with Crippen LogP contribution in [-0.4, -0.2) is 85.8 Å². The van der Waals surface area contributed by atoms with Gasteiger partial charge in [-0.15, -0.1) is 0 Å². The summed E-state index contributed by atoms with van der Waals surface area (Å²) in [7, 11) is 0. The third kappa shape index (κ3) is 5.17. The van der Waals surface area contributed by atoms with E-state index in [-0.39, 0.29) is 39.6 Å². The highest BCUT2D eigenvalue weighted by Crippen LogP contribution is 2.76. The summed E-state index contributed by atoms with van der Waals surface area (Å²) in [4.78, 5) is 0. The zero-order valence-corrected chi connectivity index (χ0v) is 28.5. The summed E-state index contributed by atoms with van der Waals surface area (Å²) in [6.45, 7) is 17.5. The number of hydrogen-bond acceptors (Lipinski definition) is 8. The van der Waals surface area contributed by atoms with Crippen molar-refractivity contribution >= 4 is 0 Å². The van der Waals surface area contributed by atoms with Crippen molar-refractivity contribution in [2.75, 3.05) is 6.61 Å². The van der Waals surface area contributed by atoms with Crippen LogP contribution in [-0.2, 0) is 9.47 Å². The maximum absolute atomic E-state index is 12.2. The van der Waals surface area contributed by atoms with Gasteiger partial charge in [0.25, 0.3) is 0 Å². The zero-order valence-electron chi connectivity index (χ0n) is 28.5. The molecule has 15 atom stereocenters. The normalized spacial score (nSPS) is 51.5. The molecule has 8 heteroatoms. The first kappa shape index (κ1) is 34.7. The molecule has 0 amide bonds. The average Bonchev–Trinajstić information content (AvgIpc) is 3.33. The van der Waals surface area contributed by atoms with Crippen molar-refractivity contribution in [3.63, 3.8) is 0 Å². The maximum atomic E-state index is 12.2. The molecule has 44 heavy (non-hydrogen) atoms. The first-order chi connectivity index (χ1) is 20.4. The van der Waals surface area contributed by atoms with Gasteiger partial charge < -0.3 is 40.1 Å². The van der Waals surface area contributed by atoms with Crippen LogP contribution in [0.1, 0.15) is 113 Å². The summed E-state index contributed by atoms with van der Waals surface area (Å²) in [5.41, 5.74) is 0.171. The number of aliphatic hydroxyl groups excluding tert-OH is 6. The van der Waals surface area contributed by atoms with Crippen LogP contribution in [0, 0.1) is 45.3 Å². The Bertz CT molecular complexity index is 1070. The zero-order chi connectivity index (χ0) is 32.6. The van der Waals surface area contributed by atoms with Gasteiger partial charge in [0.1, 0.15) is 24.4 Å².